The molecule has 2 aromatic rings. The van der Waals surface area contributed by atoms with E-state index in [1.54, 1.807) is 24.5 Å². The van der Waals surface area contributed by atoms with Gasteiger partial charge in [0.1, 0.15) is 12.4 Å². The molecule has 2 aliphatic rings. The van der Waals surface area contributed by atoms with Crippen LogP contribution in [0.25, 0.3) is 11.1 Å². The molecule has 1 aromatic heterocycles. The van der Waals surface area contributed by atoms with Crippen LogP contribution in [0.2, 0.25) is 0 Å². The molecular weight excluding hydrogens is 485 g/mol. The molecule has 4 N–H and O–H groups in total. The van der Waals surface area contributed by atoms with Crippen LogP contribution in [0.1, 0.15) is 32.3 Å². The van der Waals surface area contributed by atoms with Crippen molar-refractivity contribution in [3.05, 3.63) is 42.0 Å². The molecule has 1 aromatic carbocycles. The van der Waals surface area contributed by atoms with Crippen molar-refractivity contribution in [2.75, 3.05) is 31.2 Å². The van der Waals surface area contributed by atoms with Crippen molar-refractivity contribution in [3.8, 4) is 11.1 Å². The molecule has 2 aliphatic heterocycles. The highest BCUT2D eigenvalue weighted by Gasteiger charge is 2.33. The van der Waals surface area contributed by atoms with Crippen LogP contribution in [-0.4, -0.2) is 65.9 Å². The number of halogens is 1. The molecule has 3 heterocycles. The van der Waals surface area contributed by atoms with Gasteiger partial charge >= 0.3 is 6.09 Å². The highest BCUT2D eigenvalue weighted by Crippen LogP contribution is 2.26. The lowest BCUT2D eigenvalue weighted by Crippen LogP contribution is -2.36. The predicted molar refractivity (Wildman–Crippen MR) is 132 cm³/mol. The Morgan fingerprint density at radius 3 is 2.70 bits per heavy atom. The van der Waals surface area contributed by atoms with E-state index in [-0.39, 0.29) is 29.9 Å². The molecule has 1 unspecified atom stereocenters. The van der Waals surface area contributed by atoms with Gasteiger partial charge in [0.05, 0.1) is 17.9 Å². The van der Waals surface area contributed by atoms with Crippen molar-refractivity contribution in [1.82, 2.24) is 15.3 Å². The number of anilines is 1. The minimum Gasteiger partial charge on any atom is -0.444 e. The fourth-order valence-electron chi connectivity index (χ4n) is 3.87. The van der Waals surface area contributed by atoms with Crippen LogP contribution in [0.4, 0.5) is 15.1 Å². The number of aromatic nitrogens is 2. The van der Waals surface area contributed by atoms with E-state index in [9.17, 15) is 4.79 Å². The Morgan fingerprint density at radius 1 is 1.32 bits per heavy atom. The summed E-state index contributed by atoms with van der Waals surface area (Å²) in [6.45, 7) is 5.73. The maximum Gasteiger partial charge on any atom is 0.414 e. The van der Waals surface area contributed by atoms with Crippen molar-refractivity contribution >= 4 is 23.7 Å². The van der Waals surface area contributed by atoms with Crippen LogP contribution in [0, 0.1) is 11.2 Å². The summed E-state index contributed by atoms with van der Waals surface area (Å²) in [5.41, 5.74) is 6.65. The first-order valence-corrected chi connectivity index (χ1v) is 11.8. The fourth-order valence-corrected chi connectivity index (χ4v) is 3.87. The molecule has 13 heteroatoms. The van der Waals surface area contributed by atoms with Gasteiger partial charge in [-0.15, -0.1) is 0 Å². The number of hydrogen-bond acceptors (Lipinski definition) is 10. The Bertz CT molecular complexity index is 1150. The zero-order valence-corrected chi connectivity index (χ0v) is 20.7. The minimum absolute atomic E-state index is 0.167. The second-order valence-electron chi connectivity index (χ2n) is 9.22. The average Bonchev–Trinajstić information content (AvgIpc) is 3.22. The van der Waals surface area contributed by atoms with E-state index in [4.69, 9.17) is 30.2 Å². The third-order valence-electron chi connectivity index (χ3n) is 5.72. The number of rotatable bonds is 7. The molecule has 0 bridgehead atoms. The number of carbonyl (C=O) groups excluding carboxylic acids is 1. The number of nitrogens with two attached hydrogens (primary N) is 1. The molecule has 198 valence electrons. The largest absolute Gasteiger partial charge is 0.444 e. The summed E-state index contributed by atoms with van der Waals surface area (Å²) in [7, 11) is 0. The van der Waals surface area contributed by atoms with Crippen LogP contribution in [0.15, 0.2) is 35.7 Å². The fraction of sp³-hybridized carbons (Fsp3) is 0.458. The molecule has 12 nitrogen and oxygen atoms in total. The number of hydrogen-bond donors (Lipinski definition) is 3. The summed E-state index contributed by atoms with van der Waals surface area (Å²) < 4.78 is 31.1. The van der Waals surface area contributed by atoms with Crippen molar-refractivity contribution < 1.29 is 28.2 Å². The van der Waals surface area contributed by atoms with Crippen molar-refractivity contribution in [2.45, 2.75) is 45.2 Å². The molecule has 1 atom stereocenters. The summed E-state index contributed by atoms with van der Waals surface area (Å²) in [6.07, 6.45) is 3.18. The van der Waals surface area contributed by atoms with E-state index in [1.807, 2.05) is 24.1 Å². The van der Waals surface area contributed by atoms with E-state index < -0.39 is 24.2 Å². The molecule has 1 amide bonds. The number of ether oxygens (including phenoxy) is 3. The summed E-state index contributed by atoms with van der Waals surface area (Å²) in [6, 6.07) is 4.74. The average molecular weight is 516 g/mol. The van der Waals surface area contributed by atoms with Crippen molar-refractivity contribution in [2.24, 2.45) is 10.9 Å². The summed E-state index contributed by atoms with van der Waals surface area (Å²) in [5, 5.41) is 13.2. The Morgan fingerprint density at radius 2 is 2.05 bits per heavy atom. The predicted octanol–water partition coefficient (Wildman–Crippen LogP) is 2.53. The Kier molecular flexibility index (Phi) is 8.14. The second-order valence-corrected chi connectivity index (χ2v) is 9.22. The van der Waals surface area contributed by atoms with Gasteiger partial charge in [-0.1, -0.05) is 23.4 Å². The van der Waals surface area contributed by atoms with Gasteiger partial charge in [0.15, 0.2) is 18.9 Å². The molecule has 2 fully saturated rings. The molecular formula is C24H30FN7O5. The van der Waals surface area contributed by atoms with Gasteiger partial charge in [0.25, 0.3) is 0 Å². The number of benzene rings is 1. The first kappa shape index (κ1) is 26.2. The lowest BCUT2D eigenvalue weighted by molar-refractivity contribution is -0.119. The summed E-state index contributed by atoms with van der Waals surface area (Å²) >= 11 is 0. The van der Waals surface area contributed by atoms with Gasteiger partial charge in [-0.3, -0.25) is 10.7 Å². The van der Waals surface area contributed by atoms with E-state index in [2.05, 4.69) is 15.1 Å². The lowest BCUT2D eigenvalue weighted by atomic mass is 10.1. The number of piperidine rings is 1. The quantitative estimate of drug-likeness (QED) is 0.286. The first-order valence-electron chi connectivity index (χ1n) is 11.8. The number of nitrogens with zero attached hydrogens (tertiary/aromatic N) is 4. The Balaban J connectivity index is 1.29. The number of carbonyl (C=O) groups is 1. The number of guanidine groups is 1. The van der Waals surface area contributed by atoms with Gasteiger partial charge < -0.3 is 29.7 Å². The van der Waals surface area contributed by atoms with Crippen LogP contribution in [0.3, 0.4) is 0 Å². The topological polar surface area (TPSA) is 157 Å². The maximum atomic E-state index is 15.0. The van der Waals surface area contributed by atoms with Gasteiger partial charge in [-0.2, -0.15) is 0 Å². The number of nitrogens with one attached hydrogen (secondary N) is 2. The van der Waals surface area contributed by atoms with E-state index in [0.29, 0.717) is 44.0 Å². The Hall–Kier alpha value is -3.84. The summed E-state index contributed by atoms with van der Waals surface area (Å²) in [4.78, 5) is 27.8. The summed E-state index contributed by atoms with van der Waals surface area (Å²) in [5.74, 6) is -0.569. The second kappa shape index (κ2) is 11.5. The minimum atomic E-state index is -0.938. The number of oxime groups is 1. The van der Waals surface area contributed by atoms with Gasteiger partial charge in [0.2, 0.25) is 5.95 Å². The first-order chi connectivity index (χ1) is 17.7. The monoisotopic (exact) mass is 515 g/mol. The zero-order valence-electron chi connectivity index (χ0n) is 20.7. The normalized spacial score (nSPS) is 18.8. The third kappa shape index (κ3) is 7.11. The Labute approximate surface area is 213 Å². The highest BCUT2D eigenvalue weighted by molar-refractivity contribution is 5.90. The maximum absolute atomic E-state index is 15.0. The van der Waals surface area contributed by atoms with Crippen LogP contribution in [-0.2, 0) is 25.7 Å². The van der Waals surface area contributed by atoms with E-state index in [1.165, 1.54) is 6.07 Å². The molecule has 0 radical (unpaired) electrons. The molecule has 4 rings (SSSR count). The third-order valence-corrected chi connectivity index (χ3v) is 5.72. The SMILES string of the molecule is CC1(C)COC(CON=C2CCN(c3ncc(-c4cccc(COC(=O)NC(=N)N)c4F)cn3)CC2)O1. The lowest BCUT2D eigenvalue weighted by Gasteiger charge is -2.27. The van der Waals surface area contributed by atoms with Gasteiger partial charge in [-0.05, 0) is 13.8 Å². The molecule has 37 heavy (non-hydrogen) atoms. The molecule has 0 aliphatic carbocycles. The van der Waals surface area contributed by atoms with Crippen molar-refractivity contribution in [3.63, 3.8) is 0 Å². The highest BCUT2D eigenvalue weighted by atomic mass is 19.1. The van der Waals surface area contributed by atoms with E-state index in [0.717, 1.165) is 5.71 Å². The van der Waals surface area contributed by atoms with Gasteiger partial charge in [-0.25, -0.2) is 19.2 Å². The zero-order chi connectivity index (χ0) is 26.4. The van der Waals surface area contributed by atoms with Crippen LogP contribution >= 0.6 is 0 Å². The van der Waals surface area contributed by atoms with E-state index >= 15 is 4.39 Å². The standard InChI is InChI=1S/C24H30FN7O5/c1-24(2)14-35-19(37-24)13-36-31-17-6-8-32(9-7-17)22-28-10-16(11-29-22)18-5-3-4-15(20(18)25)12-34-23(33)30-21(26)27/h3-5,10-11,19H,6-9,12-14H2,1-2H3,(H4,26,27,30,33). The van der Waals surface area contributed by atoms with Crippen LogP contribution in [0.5, 0.6) is 0 Å². The number of amides is 1. The molecule has 0 spiro atoms. The number of alkyl carbamates (subject to hydrolysis) is 1. The van der Waals surface area contributed by atoms with Crippen molar-refractivity contribution in [1.29, 1.82) is 5.41 Å². The van der Waals surface area contributed by atoms with Gasteiger partial charge in [0, 0.05) is 55.0 Å². The molecule has 0 saturated carbocycles. The smallest absolute Gasteiger partial charge is 0.414 e. The van der Waals surface area contributed by atoms with Crippen LogP contribution < -0.4 is 16.0 Å². The molecule has 2 saturated heterocycles.